The second kappa shape index (κ2) is 6.36. The van der Waals surface area contributed by atoms with E-state index >= 15 is 0 Å². The molecule has 1 aliphatic rings. The highest BCUT2D eigenvalue weighted by Crippen LogP contribution is 2.16. The van der Waals surface area contributed by atoms with Crippen LogP contribution in [-0.2, 0) is 9.53 Å². The fourth-order valence-electron chi connectivity index (χ4n) is 2.20. The number of hydrogen-bond acceptors (Lipinski definition) is 3. The first-order valence-electron chi connectivity index (χ1n) is 6.45. The first-order valence-corrected chi connectivity index (χ1v) is 6.45. The van der Waals surface area contributed by atoms with E-state index < -0.39 is 0 Å². The number of morpholine rings is 1. The molecular weight excluding hydrogens is 202 g/mol. The standard InChI is InChI=1S/C13H25NO2/c1-5-6-11(4)13(15)12-9-14(10(2)3)7-8-16-12/h10-12H,5-9H2,1-4H3. The molecule has 0 radical (unpaired) electrons. The Morgan fingerprint density at radius 1 is 1.44 bits per heavy atom. The quantitative estimate of drug-likeness (QED) is 0.720. The summed E-state index contributed by atoms with van der Waals surface area (Å²) in [6.45, 7) is 10.9. The lowest BCUT2D eigenvalue weighted by Crippen LogP contribution is -2.49. The molecule has 0 spiro atoms. The van der Waals surface area contributed by atoms with Gasteiger partial charge < -0.3 is 4.74 Å². The highest BCUT2D eigenvalue weighted by molar-refractivity contribution is 5.85. The number of ketones is 1. The van der Waals surface area contributed by atoms with Crippen molar-refractivity contribution in [3.63, 3.8) is 0 Å². The molecule has 0 N–H and O–H groups in total. The summed E-state index contributed by atoms with van der Waals surface area (Å²) in [5.74, 6) is 0.425. The van der Waals surface area contributed by atoms with Crippen molar-refractivity contribution in [2.45, 2.75) is 52.7 Å². The second-order valence-electron chi connectivity index (χ2n) is 5.04. The third kappa shape index (κ3) is 3.56. The first-order chi connectivity index (χ1) is 7.56. The van der Waals surface area contributed by atoms with E-state index in [-0.39, 0.29) is 17.8 Å². The van der Waals surface area contributed by atoms with Gasteiger partial charge in [-0.25, -0.2) is 0 Å². The van der Waals surface area contributed by atoms with Gasteiger partial charge in [0.25, 0.3) is 0 Å². The van der Waals surface area contributed by atoms with Gasteiger partial charge in [0.15, 0.2) is 5.78 Å². The van der Waals surface area contributed by atoms with Crippen LogP contribution in [-0.4, -0.2) is 42.5 Å². The van der Waals surface area contributed by atoms with Crippen LogP contribution in [0.3, 0.4) is 0 Å². The average Bonchev–Trinajstić information content (AvgIpc) is 2.28. The number of rotatable bonds is 5. The lowest BCUT2D eigenvalue weighted by Gasteiger charge is -2.35. The summed E-state index contributed by atoms with van der Waals surface area (Å²) in [6, 6.07) is 0.501. The molecule has 94 valence electrons. The largest absolute Gasteiger partial charge is 0.368 e. The van der Waals surface area contributed by atoms with E-state index in [2.05, 4.69) is 25.7 Å². The Kier molecular flexibility index (Phi) is 5.42. The zero-order chi connectivity index (χ0) is 12.1. The predicted molar refractivity (Wildman–Crippen MR) is 65.5 cm³/mol. The van der Waals surface area contributed by atoms with Gasteiger partial charge in [0.05, 0.1) is 6.61 Å². The molecule has 2 unspecified atom stereocenters. The van der Waals surface area contributed by atoms with Crippen molar-refractivity contribution in [2.75, 3.05) is 19.7 Å². The van der Waals surface area contributed by atoms with Gasteiger partial charge in [-0.15, -0.1) is 0 Å². The van der Waals surface area contributed by atoms with Crippen LogP contribution in [0.2, 0.25) is 0 Å². The molecule has 16 heavy (non-hydrogen) atoms. The van der Waals surface area contributed by atoms with E-state index in [9.17, 15) is 4.79 Å². The van der Waals surface area contributed by atoms with E-state index in [4.69, 9.17) is 4.74 Å². The van der Waals surface area contributed by atoms with Gasteiger partial charge in [-0.1, -0.05) is 20.3 Å². The molecule has 0 saturated carbocycles. The molecular formula is C13H25NO2. The molecule has 1 aliphatic heterocycles. The van der Waals surface area contributed by atoms with E-state index in [0.717, 1.165) is 25.9 Å². The normalized spacial score (nSPS) is 24.7. The van der Waals surface area contributed by atoms with E-state index in [0.29, 0.717) is 12.6 Å². The van der Waals surface area contributed by atoms with Gasteiger partial charge >= 0.3 is 0 Å². The smallest absolute Gasteiger partial charge is 0.165 e. The maximum atomic E-state index is 12.1. The third-order valence-electron chi connectivity index (χ3n) is 3.35. The molecule has 0 aromatic heterocycles. The summed E-state index contributed by atoms with van der Waals surface area (Å²) in [7, 11) is 0. The molecule has 3 nitrogen and oxygen atoms in total. The van der Waals surface area contributed by atoms with Crippen molar-refractivity contribution >= 4 is 5.78 Å². The monoisotopic (exact) mass is 227 g/mol. The van der Waals surface area contributed by atoms with Crippen molar-refractivity contribution in [2.24, 2.45) is 5.92 Å². The number of ether oxygens (including phenoxy) is 1. The van der Waals surface area contributed by atoms with E-state index in [1.54, 1.807) is 0 Å². The zero-order valence-corrected chi connectivity index (χ0v) is 11.0. The zero-order valence-electron chi connectivity index (χ0n) is 11.0. The summed E-state index contributed by atoms with van der Waals surface area (Å²) in [5, 5.41) is 0. The lowest BCUT2D eigenvalue weighted by molar-refractivity contribution is -0.140. The SMILES string of the molecule is CCCC(C)C(=O)C1CN(C(C)C)CCO1. The maximum absolute atomic E-state index is 12.1. The Labute approximate surface area is 99.1 Å². The summed E-state index contributed by atoms with van der Waals surface area (Å²) in [6.07, 6.45) is 1.84. The minimum atomic E-state index is -0.197. The van der Waals surface area contributed by atoms with Crippen LogP contribution in [0.25, 0.3) is 0 Å². The maximum Gasteiger partial charge on any atom is 0.165 e. The molecule has 2 atom stereocenters. The first kappa shape index (κ1) is 13.7. The Bertz CT molecular complexity index is 228. The molecule has 0 aromatic rings. The van der Waals surface area contributed by atoms with Crippen LogP contribution in [0, 0.1) is 5.92 Å². The summed E-state index contributed by atoms with van der Waals surface area (Å²) in [4.78, 5) is 14.4. The van der Waals surface area contributed by atoms with Crippen LogP contribution in [0.4, 0.5) is 0 Å². The number of carbonyl (C=O) groups is 1. The van der Waals surface area contributed by atoms with Gasteiger partial charge in [-0.2, -0.15) is 0 Å². The molecule has 0 amide bonds. The molecule has 1 saturated heterocycles. The van der Waals surface area contributed by atoms with Crippen LogP contribution in [0.15, 0.2) is 0 Å². The molecule has 1 heterocycles. The van der Waals surface area contributed by atoms with Crippen LogP contribution in [0.5, 0.6) is 0 Å². The second-order valence-corrected chi connectivity index (χ2v) is 5.04. The highest BCUT2D eigenvalue weighted by Gasteiger charge is 2.30. The molecule has 1 rings (SSSR count). The third-order valence-corrected chi connectivity index (χ3v) is 3.35. The van der Waals surface area contributed by atoms with E-state index in [1.807, 2.05) is 6.92 Å². The fourth-order valence-corrected chi connectivity index (χ4v) is 2.20. The van der Waals surface area contributed by atoms with Crippen molar-refractivity contribution in [3.05, 3.63) is 0 Å². The summed E-state index contributed by atoms with van der Waals surface area (Å²) >= 11 is 0. The number of carbonyl (C=O) groups excluding carboxylic acids is 1. The molecule has 0 aliphatic carbocycles. The highest BCUT2D eigenvalue weighted by atomic mass is 16.5. The van der Waals surface area contributed by atoms with Crippen molar-refractivity contribution in [1.82, 2.24) is 4.90 Å². The van der Waals surface area contributed by atoms with E-state index in [1.165, 1.54) is 0 Å². The predicted octanol–water partition coefficient (Wildman–Crippen LogP) is 2.10. The summed E-state index contributed by atoms with van der Waals surface area (Å²) in [5.41, 5.74) is 0. The average molecular weight is 227 g/mol. The number of nitrogens with zero attached hydrogens (tertiary/aromatic N) is 1. The van der Waals surface area contributed by atoms with Gasteiger partial charge in [0, 0.05) is 25.0 Å². The van der Waals surface area contributed by atoms with Crippen molar-refractivity contribution < 1.29 is 9.53 Å². The Morgan fingerprint density at radius 3 is 2.69 bits per heavy atom. The fraction of sp³-hybridized carbons (Fsp3) is 0.923. The molecule has 3 heteroatoms. The topological polar surface area (TPSA) is 29.5 Å². The summed E-state index contributed by atoms with van der Waals surface area (Å²) < 4.78 is 5.60. The minimum absolute atomic E-state index is 0.141. The van der Waals surface area contributed by atoms with Crippen LogP contribution < -0.4 is 0 Å². The Balaban J connectivity index is 2.49. The number of hydrogen-bond donors (Lipinski definition) is 0. The molecule has 0 bridgehead atoms. The Hall–Kier alpha value is -0.410. The van der Waals surface area contributed by atoms with Gasteiger partial charge in [0.1, 0.15) is 6.10 Å². The molecule has 1 fully saturated rings. The van der Waals surface area contributed by atoms with Crippen LogP contribution >= 0.6 is 0 Å². The van der Waals surface area contributed by atoms with Gasteiger partial charge in [0.2, 0.25) is 0 Å². The van der Waals surface area contributed by atoms with Gasteiger partial charge in [-0.3, -0.25) is 9.69 Å². The van der Waals surface area contributed by atoms with Crippen molar-refractivity contribution in [3.8, 4) is 0 Å². The number of Topliss-reactive ketones (excluding diaryl/α,β-unsaturated/α-hetero) is 1. The van der Waals surface area contributed by atoms with Crippen LogP contribution in [0.1, 0.15) is 40.5 Å². The Morgan fingerprint density at radius 2 is 2.12 bits per heavy atom. The minimum Gasteiger partial charge on any atom is -0.368 e. The van der Waals surface area contributed by atoms with Gasteiger partial charge in [-0.05, 0) is 20.3 Å². The molecule has 0 aromatic carbocycles. The van der Waals surface area contributed by atoms with Crippen molar-refractivity contribution in [1.29, 1.82) is 0 Å². The lowest BCUT2D eigenvalue weighted by atomic mass is 9.96.